The predicted molar refractivity (Wildman–Crippen MR) is 43.0 cm³/mol. The van der Waals surface area contributed by atoms with Crippen molar-refractivity contribution in [3.05, 3.63) is 0 Å². The fourth-order valence-corrected chi connectivity index (χ4v) is 2.60. The molecule has 2 saturated heterocycles. The summed E-state index contributed by atoms with van der Waals surface area (Å²) in [4.78, 5) is 0. The van der Waals surface area contributed by atoms with Gasteiger partial charge in [0.2, 0.25) is 0 Å². The molecule has 0 atom stereocenters. The van der Waals surface area contributed by atoms with E-state index in [1.54, 1.807) is 0 Å². The van der Waals surface area contributed by atoms with Crippen LogP contribution in [0, 0.1) is 5.92 Å². The van der Waals surface area contributed by atoms with Gasteiger partial charge in [0, 0.05) is 11.6 Å². The zero-order valence-corrected chi connectivity index (χ0v) is 6.98. The van der Waals surface area contributed by atoms with Crippen LogP contribution in [0.25, 0.3) is 0 Å². The number of hydrogen-bond acceptors (Lipinski definition) is 1. The Kier molecular flexibility index (Phi) is 1.31. The van der Waals surface area contributed by atoms with Crippen LogP contribution in [0.15, 0.2) is 0 Å². The number of piperidine rings is 2. The van der Waals surface area contributed by atoms with Crippen molar-refractivity contribution >= 4 is 0 Å². The molecule has 1 saturated carbocycles. The Bertz CT molecular complexity index is 132. The van der Waals surface area contributed by atoms with Crippen molar-refractivity contribution < 1.29 is 0 Å². The molecule has 0 spiro atoms. The quantitative estimate of drug-likeness (QED) is 0.540. The maximum atomic E-state index is 3.69. The maximum absolute atomic E-state index is 3.69. The standard InChI is InChI=1S/C9H17N/c1-9(2)7-3-5-8(10-9)6-4-7/h7-8,10H,3-6H2,1-2H3. The van der Waals surface area contributed by atoms with E-state index in [1.165, 1.54) is 25.7 Å². The smallest absolute Gasteiger partial charge is 0.0155 e. The lowest BCUT2D eigenvalue weighted by Gasteiger charge is -2.49. The topological polar surface area (TPSA) is 12.0 Å². The lowest BCUT2D eigenvalue weighted by molar-refractivity contribution is 0.0884. The molecule has 0 unspecified atom stereocenters. The summed E-state index contributed by atoms with van der Waals surface area (Å²) in [6, 6.07) is 0.847. The molecule has 3 rings (SSSR count). The second-order valence-electron chi connectivity index (χ2n) is 4.41. The minimum absolute atomic E-state index is 0.446. The number of hydrogen-bond donors (Lipinski definition) is 1. The van der Waals surface area contributed by atoms with E-state index in [1.807, 2.05) is 0 Å². The number of nitrogens with one attached hydrogen (secondary N) is 1. The lowest BCUT2D eigenvalue weighted by Crippen LogP contribution is -2.58. The molecule has 58 valence electrons. The van der Waals surface area contributed by atoms with Crippen LogP contribution >= 0.6 is 0 Å². The first-order valence-electron chi connectivity index (χ1n) is 4.46. The van der Waals surface area contributed by atoms with Gasteiger partial charge in [-0.05, 0) is 45.4 Å². The number of rotatable bonds is 0. The third-order valence-corrected chi connectivity index (χ3v) is 3.32. The van der Waals surface area contributed by atoms with Crippen molar-refractivity contribution in [3.63, 3.8) is 0 Å². The molecule has 0 aromatic rings. The van der Waals surface area contributed by atoms with Crippen molar-refractivity contribution in [2.75, 3.05) is 0 Å². The Labute approximate surface area is 63.2 Å². The highest BCUT2D eigenvalue weighted by molar-refractivity contribution is 4.98. The van der Waals surface area contributed by atoms with Gasteiger partial charge in [-0.1, -0.05) is 0 Å². The number of fused-ring (bicyclic) bond motifs is 3. The molecule has 3 aliphatic rings. The molecule has 0 aromatic carbocycles. The van der Waals surface area contributed by atoms with Crippen LogP contribution in [-0.2, 0) is 0 Å². The SMILES string of the molecule is CC1(C)NC2CCC1CC2. The fourth-order valence-electron chi connectivity index (χ4n) is 2.60. The Morgan fingerprint density at radius 1 is 1.10 bits per heavy atom. The van der Waals surface area contributed by atoms with Crippen molar-refractivity contribution in [1.82, 2.24) is 5.32 Å². The molecular formula is C9H17N. The first-order chi connectivity index (χ1) is 4.68. The molecule has 1 aliphatic carbocycles. The molecule has 1 heteroatoms. The van der Waals surface area contributed by atoms with E-state index in [0.29, 0.717) is 5.54 Å². The highest BCUT2D eigenvalue weighted by Gasteiger charge is 2.39. The van der Waals surface area contributed by atoms with Gasteiger partial charge in [-0.15, -0.1) is 0 Å². The van der Waals surface area contributed by atoms with Gasteiger partial charge in [0.15, 0.2) is 0 Å². The minimum atomic E-state index is 0.446. The van der Waals surface area contributed by atoms with Crippen LogP contribution in [0.5, 0.6) is 0 Å². The van der Waals surface area contributed by atoms with Crippen molar-refractivity contribution in [2.24, 2.45) is 5.92 Å². The highest BCUT2D eigenvalue weighted by Crippen LogP contribution is 2.38. The summed E-state index contributed by atoms with van der Waals surface area (Å²) < 4.78 is 0. The zero-order chi connectivity index (χ0) is 7.19. The van der Waals surface area contributed by atoms with E-state index in [2.05, 4.69) is 19.2 Å². The van der Waals surface area contributed by atoms with Gasteiger partial charge < -0.3 is 5.32 Å². The van der Waals surface area contributed by atoms with Crippen LogP contribution in [0.4, 0.5) is 0 Å². The van der Waals surface area contributed by atoms with Crippen LogP contribution in [0.2, 0.25) is 0 Å². The van der Waals surface area contributed by atoms with Gasteiger partial charge in [0.05, 0.1) is 0 Å². The van der Waals surface area contributed by atoms with E-state index in [-0.39, 0.29) is 0 Å². The van der Waals surface area contributed by atoms with Gasteiger partial charge in [-0.25, -0.2) is 0 Å². The van der Waals surface area contributed by atoms with Gasteiger partial charge >= 0.3 is 0 Å². The first kappa shape index (κ1) is 6.66. The molecule has 2 aliphatic heterocycles. The van der Waals surface area contributed by atoms with Gasteiger partial charge in [-0.2, -0.15) is 0 Å². The molecule has 1 N–H and O–H groups in total. The summed E-state index contributed by atoms with van der Waals surface area (Å²) in [6.45, 7) is 4.70. The minimum Gasteiger partial charge on any atom is -0.309 e. The van der Waals surface area contributed by atoms with Crippen molar-refractivity contribution in [1.29, 1.82) is 0 Å². The molecular weight excluding hydrogens is 122 g/mol. The predicted octanol–water partition coefficient (Wildman–Crippen LogP) is 1.93. The maximum Gasteiger partial charge on any atom is 0.0155 e. The normalized spacial score (nSPS) is 43.8. The lowest BCUT2D eigenvalue weighted by atomic mass is 9.70. The molecule has 0 aromatic heterocycles. The molecule has 0 amide bonds. The van der Waals surface area contributed by atoms with E-state index < -0.39 is 0 Å². The zero-order valence-electron chi connectivity index (χ0n) is 6.98. The summed E-state index contributed by atoms with van der Waals surface area (Å²) in [5, 5.41) is 3.69. The van der Waals surface area contributed by atoms with Gasteiger partial charge in [0.1, 0.15) is 0 Å². The Morgan fingerprint density at radius 3 is 1.90 bits per heavy atom. The second-order valence-corrected chi connectivity index (χ2v) is 4.41. The van der Waals surface area contributed by atoms with Gasteiger partial charge in [-0.3, -0.25) is 0 Å². The fraction of sp³-hybridized carbons (Fsp3) is 1.00. The third-order valence-electron chi connectivity index (χ3n) is 3.32. The molecule has 2 bridgehead atoms. The van der Waals surface area contributed by atoms with Crippen molar-refractivity contribution in [2.45, 2.75) is 51.1 Å². The summed E-state index contributed by atoms with van der Waals surface area (Å²) in [7, 11) is 0. The van der Waals surface area contributed by atoms with E-state index in [4.69, 9.17) is 0 Å². The molecule has 10 heavy (non-hydrogen) atoms. The molecule has 3 fully saturated rings. The summed E-state index contributed by atoms with van der Waals surface area (Å²) in [6.07, 6.45) is 5.78. The van der Waals surface area contributed by atoms with Crippen LogP contribution in [-0.4, -0.2) is 11.6 Å². The summed E-state index contributed by atoms with van der Waals surface area (Å²) in [5.74, 6) is 0.956. The summed E-state index contributed by atoms with van der Waals surface area (Å²) >= 11 is 0. The van der Waals surface area contributed by atoms with Crippen molar-refractivity contribution in [3.8, 4) is 0 Å². The van der Waals surface area contributed by atoms with E-state index in [9.17, 15) is 0 Å². The molecule has 1 nitrogen and oxygen atoms in total. The Hall–Kier alpha value is -0.0400. The molecule has 0 radical (unpaired) electrons. The van der Waals surface area contributed by atoms with Crippen LogP contribution < -0.4 is 5.32 Å². The highest BCUT2D eigenvalue weighted by atomic mass is 15.0. The van der Waals surface area contributed by atoms with Crippen LogP contribution in [0.3, 0.4) is 0 Å². The largest absolute Gasteiger partial charge is 0.309 e. The van der Waals surface area contributed by atoms with Crippen LogP contribution in [0.1, 0.15) is 39.5 Å². The Balaban J connectivity index is 2.15. The average Bonchev–Trinajstić information content (AvgIpc) is 1.87. The summed E-state index contributed by atoms with van der Waals surface area (Å²) in [5.41, 5.74) is 0.446. The Morgan fingerprint density at radius 2 is 1.70 bits per heavy atom. The second kappa shape index (κ2) is 1.97. The average molecular weight is 139 g/mol. The third kappa shape index (κ3) is 0.878. The van der Waals surface area contributed by atoms with E-state index in [0.717, 1.165) is 12.0 Å². The monoisotopic (exact) mass is 139 g/mol. The van der Waals surface area contributed by atoms with Gasteiger partial charge in [0.25, 0.3) is 0 Å². The first-order valence-corrected chi connectivity index (χ1v) is 4.46. The molecule has 2 heterocycles. The van der Waals surface area contributed by atoms with E-state index >= 15 is 0 Å².